The van der Waals surface area contributed by atoms with Crippen molar-refractivity contribution in [3.63, 3.8) is 0 Å². The molecule has 0 radical (unpaired) electrons. The summed E-state index contributed by atoms with van der Waals surface area (Å²) in [5, 5.41) is 8.72. The van der Waals surface area contributed by atoms with E-state index in [9.17, 15) is 0 Å². The first-order valence-corrected chi connectivity index (χ1v) is 6.69. The fraction of sp³-hybridized carbons (Fsp3) is 0.500. The summed E-state index contributed by atoms with van der Waals surface area (Å²) >= 11 is 1.75. The van der Waals surface area contributed by atoms with Crippen molar-refractivity contribution in [1.82, 2.24) is 14.8 Å². The van der Waals surface area contributed by atoms with Gasteiger partial charge in [0.05, 0.1) is 11.4 Å². The largest absolute Gasteiger partial charge is 0.361 e. The van der Waals surface area contributed by atoms with Crippen molar-refractivity contribution in [2.75, 3.05) is 11.9 Å². The normalized spacial score (nSPS) is 10.8. The van der Waals surface area contributed by atoms with E-state index in [4.69, 9.17) is 0 Å². The fourth-order valence-electron chi connectivity index (χ4n) is 1.73. The summed E-state index contributed by atoms with van der Waals surface area (Å²) in [6, 6.07) is 2.05. The minimum absolute atomic E-state index is 0.882. The zero-order valence-electron chi connectivity index (χ0n) is 10.5. The molecule has 2 rings (SSSR count). The average molecular weight is 250 g/mol. The second kappa shape index (κ2) is 5.31. The molecule has 0 unspecified atom stereocenters. The Balaban J connectivity index is 1.85. The quantitative estimate of drug-likeness (QED) is 0.886. The molecule has 0 bridgehead atoms. The molecule has 0 aliphatic heterocycles. The maximum absolute atomic E-state index is 4.50. The van der Waals surface area contributed by atoms with Crippen molar-refractivity contribution in [2.45, 2.75) is 26.7 Å². The summed E-state index contributed by atoms with van der Waals surface area (Å²) in [6.45, 7) is 5.12. The van der Waals surface area contributed by atoms with E-state index < -0.39 is 0 Å². The molecule has 0 fully saturated rings. The number of aryl methyl sites for hydroxylation is 3. The van der Waals surface area contributed by atoms with Crippen LogP contribution in [-0.4, -0.2) is 21.3 Å². The molecule has 1 N–H and O–H groups in total. The first kappa shape index (κ1) is 12.1. The van der Waals surface area contributed by atoms with Crippen LogP contribution in [0, 0.1) is 6.92 Å². The van der Waals surface area contributed by atoms with Crippen molar-refractivity contribution in [1.29, 1.82) is 0 Å². The molecule has 17 heavy (non-hydrogen) atoms. The molecule has 4 nitrogen and oxygen atoms in total. The molecule has 2 aromatic heterocycles. The highest BCUT2D eigenvalue weighted by molar-refractivity contribution is 7.15. The standard InChI is InChI=1S/C12H18N4S/c1-4-11-9(2)14-12(17-11)13-7-5-10-6-8-16(3)15-10/h6,8H,4-5,7H2,1-3H3,(H,13,14). The van der Waals surface area contributed by atoms with E-state index >= 15 is 0 Å². The molecule has 0 saturated carbocycles. The summed E-state index contributed by atoms with van der Waals surface area (Å²) < 4.78 is 1.83. The Morgan fingerprint density at radius 3 is 2.88 bits per heavy atom. The minimum atomic E-state index is 0.882. The number of nitrogens with zero attached hydrogens (tertiary/aromatic N) is 3. The van der Waals surface area contributed by atoms with Gasteiger partial charge in [-0.3, -0.25) is 4.68 Å². The van der Waals surface area contributed by atoms with Gasteiger partial charge in [0.15, 0.2) is 5.13 Å². The van der Waals surface area contributed by atoms with Gasteiger partial charge in [-0.2, -0.15) is 5.10 Å². The van der Waals surface area contributed by atoms with Gasteiger partial charge in [-0.25, -0.2) is 4.98 Å². The molecular formula is C12H18N4S. The summed E-state index contributed by atoms with van der Waals surface area (Å²) in [7, 11) is 1.94. The van der Waals surface area contributed by atoms with Crippen LogP contribution in [0.25, 0.3) is 0 Å². The zero-order chi connectivity index (χ0) is 12.3. The monoisotopic (exact) mass is 250 g/mol. The van der Waals surface area contributed by atoms with E-state index in [0.717, 1.165) is 35.9 Å². The van der Waals surface area contributed by atoms with Crippen molar-refractivity contribution in [3.8, 4) is 0 Å². The van der Waals surface area contributed by atoms with Crippen LogP contribution < -0.4 is 5.32 Å². The van der Waals surface area contributed by atoms with Gasteiger partial charge in [0.25, 0.3) is 0 Å². The lowest BCUT2D eigenvalue weighted by atomic mass is 10.3. The maximum Gasteiger partial charge on any atom is 0.183 e. The molecule has 5 heteroatoms. The number of anilines is 1. The molecule has 2 heterocycles. The second-order valence-corrected chi connectivity index (χ2v) is 5.12. The van der Waals surface area contributed by atoms with Gasteiger partial charge < -0.3 is 5.32 Å². The maximum atomic E-state index is 4.50. The van der Waals surface area contributed by atoms with E-state index in [1.807, 2.05) is 24.0 Å². The van der Waals surface area contributed by atoms with Gasteiger partial charge in [-0.15, -0.1) is 11.3 Å². The number of hydrogen-bond acceptors (Lipinski definition) is 4. The third-order valence-electron chi connectivity index (χ3n) is 2.64. The Morgan fingerprint density at radius 2 is 2.29 bits per heavy atom. The van der Waals surface area contributed by atoms with Crippen molar-refractivity contribution in [2.24, 2.45) is 7.05 Å². The lowest BCUT2D eigenvalue weighted by Gasteiger charge is -1.99. The average Bonchev–Trinajstić information content (AvgIpc) is 2.85. The predicted molar refractivity (Wildman–Crippen MR) is 71.6 cm³/mol. The van der Waals surface area contributed by atoms with Crippen LogP contribution in [0.15, 0.2) is 12.3 Å². The van der Waals surface area contributed by atoms with Crippen LogP contribution in [0.1, 0.15) is 23.2 Å². The number of aromatic nitrogens is 3. The fourth-order valence-corrected chi connectivity index (χ4v) is 2.65. The Kier molecular flexibility index (Phi) is 3.78. The molecule has 0 spiro atoms. The van der Waals surface area contributed by atoms with Gasteiger partial charge in [0, 0.05) is 31.1 Å². The van der Waals surface area contributed by atoms with E-state index in [2.05, 4.69) is 29.2 Å². The molecule has 0 amide bonds. The van der Waals surface area contributed by atoms with Crippen molar-refractivity contribution in [3.05, 3.63) is 28.5 Å². The highest BCUT2D eigenvalue weighted by atomic mass is 32.1. The first-order chi connectivity index (χ1) is 8.19. The Morgan fingerprint density at radius 1 is 1.47 bits per heavy atom. The van der Waals surface area contributed by atoms with E-state index in [-0.39, 0.29) is 0 Å². The van der Waals surface area contributed by atoms with Crippen molar-refractivity contribution < 1.29 is 0 Å². The predicted octanol–water partition coefficient (Wildman–Crippen LogP) is 2.40. The summed E-state index contributed by atoms with van der Waals surface area (Å²) in [4.78, 5) is 5.87. The topological polar surface area (TPSA) is 42.7 Å². The SMILES string of the molecule is CCc1sc(NCCc2ccn(C)n2)nc1C. The molecule has 0 atom stereocenters. The van der Waals surface area contributed by atoms with Gasteiger partial charge in [0.1, 0.15) is 0 Å². The highest BCUT2D eigenvalue weighted by Gasteiger charge is 2.05. The first-order valence-electron chi connectivity index (χ1n) is 5.87. The van der Waals surface area contributed by atoms with E-state index in [1.54, 1.807) is 11.3 Å². The summed E-state index contributed by atoms with van der Waals surface area (Å²) in [6.07, 6.45) is 3.96. The molecular weight excluding hydrogens is 232 g/mol. The number of thiazole rings is 1. The number of hydrogen-bond donors (Lipinski definition) is 1. The third kappa shape index (κ3) is 3.06. The molecule has 0 aliphatic carbocycles. The second-order valence-electron chi connectivity index (χ2n) is 4.04. The van der Waals surface area contributed by atoms with Crippen LogP contribution in [0.5, 0.6) is 0 Å². The molecule has 2 aromatic rings. The van der Waals surface area contributed by atoms with Crippen LogP contribution >= 0.6 is 11.3 Å². The van der Waals surface area contributed by atoms with Crippen LogP contribution in [-0.2, 0) is 19.9 Å². The van der Waals surface area contributed by atoms with Gasteiger partial charge in [-0.05, 0) is 19.4 Å². The summed E-state index contributed by atoms with van der Waals surface area (Å²) in [5.74, 6) is 0. The highest BCUT2D eigenvalue weighted by Crippen LogP contribution is 2.22. The van der Waals surface area contributed by atoms with E-state index in [0.29, 0.717) is 0 Å². The lowest BCUT2D eigenvalue weighted by molar-refractivity contribution is 0.742. The number of rotatable bonds is 5. The molecule has 0 saturated heterocycles. The summed E-state index contributed by atoms with van der Waals surface area (Å²) in [5.41, 5.74) is 2.27. The lowest BCUT2D eigenvalue weighted by Crippen LogP contribution is -2.05. The molecule has 92 valence electrons. The number of nitrogens with one attached hydrogen (secondary N) is 1. The van der Waals surface area contributed by atoms with Gasteiger partial charge in [-0.1, -0.05) is 6.92 Å². The van der Waals surface area contributed by atoms with Crippen molar-refractivity contribution >= 4 is 16.5 Å². The van der Waals surface area contributed by atoms with Crippen LogP contribution in [0.4, 0.5) is 5.13 Å². The Labute approximate surface area is 106 Å². The Hall–Kier alpha value is -1.36. The third-order valence-corrected chi connectivity index (χ3v) is 3.90. The van der Waals surface area contributed by atoms with Gasteiger partial charge >= 0.3 is 0 Å². The van der Waals surface area contributed by atoms with E-state index in [1.165, 1.54) is 4.88 Å². The van der Waals surface area contributed by atoms with Crippen LogP contribution in [0.3, 0.4) is 0 Å². The molecule has 0 aliphatic rings. The van der Waals surface area contributed by atoms with Gasteiger partial charge in [0.2, 0.25) is 0 Å². The van der Waals surface area contributed by atoms with Crippen LogP contribution in [0.2, 0.25) is 0 Å². The zero-order valence-corrected chi connectivity index (χ0v) is 11.3. The minimum Gasteiger partial charge on any atom is -0.361 e. The smallest absolute Gasteiger partial charge is 0.183 e. The molecule has 0 aromatic carbocycles. The Bertz CT molecular complexity index is 486.